The van der Waals surface area contributed by atoms with Crippen molar-refractivity contribution in [2.24, 2.45) is 0 Å². The number of halogens is 1. The highest BCUT2D eigenvalue weighted by molar-refractivity contribution is 9.10. The normalized spacial score (nSPS) is 10.6. The number of nitrogen functional groups attached to an aromatic ring is 1. The molecule has 0 fully saturated rings. The molecule has 0 aliphatic heterocycles. The van der Waals surface area contributed by atoms with Crippen LogP contribution in [0.2, 0.25) is 0 Å². The summed E-state index contributed by atoms with van der Waals surface area (Å²) in [6, 6.07) is 20.1. The van der Waals surface area contributed by atoms with Crippen LogP contribution in [0.15, 0.2) is 65.1 Å². The van der Waals surface area contributed by atoms with Gasteiger partial charge in [0.2, 0.25) is 0 Å². The molecule has 2 nitrogen and oxygen atoms in total. The van der Waals surface area contributed by atoms with Crippen molar-refractivity contribution in [2.75, 3.05) is 11.1 Å². The van der Waals surface area contributed by atoms with Crippen molar-refractivity contribution in [3.63, 3.8) is 0 Å². The Labute approximate surface area is 120 Å². The van der Waals surface area contributed by atoms with Gasteiger partial charge in [-0.15, -0.1) is 0 Å². The molecule has 0 bridgehead atoms. The van der Waals surface area contributed by atoms with Crippen molar-refractivity contribution in [1.82, 2.24) is 0 Å². The SMILES string of the molecule is Nc1ccccc1Nc1ccc(Br)c2ccccc12. The molecule has 0 amide bonds. The van der Waals surface area contributed by atoms with Crippen LogP contribution in [0.5, 0.6) is 0 Å². The van der Waals surface area contributed by atoms with E-state index >= 15 is 0 Å². The van der Waals surface area contributed by atoms with Crippen LogP contribution in [0.1, 0.15) is 0 Å². The summed E-state index contributed by atoms with van der Waals surface area (Å²) in [7, 11) is 0. The molecule has 3 aromatic carbocycles. The van der Waals surface area contributed by atoms with Crippen molar-refractivity contribution in [2.45, 2.75) is 0 Å². The van der Waals surface area contributed by atoms with Gasteiger partial charge in [0.15, 0.2) is 0 Å². The molecule has 0 unspecified atom stereocenters. The van der Waals surface area contributed by atoms with Gasteiger partial charge in [0.1, 0.15) is 0 Å². The standard InChI is InChI=1S/C16H13BrN2/c17-13-9-10-15(12-6-2-1-5-11(12)13)19-16-8-4-3-7-14(16)18/h1-10,19H,18H2. The lowest BCUT2D eigenvalue weighted by Crippen LogP contribution is -1.96. The monoisotopic (exact) mass is 312 g/mol. The van der Waals surface area contributed by atoms with Crippen LogP contribution in [0.3, 0.4) is 0 Å². The van der Waals surface area contributed by atoms with Gasteiger partial charge in [0.05, 0.1) is 11.4 Å². The summed E-state index contributed by atoms with van der Waals surface area (Å²) in [5.74, 6) is 0. The molecular formula is C16H13BrN2. The third-order valence-electron chi connectivity index (χ3n) is 3.10. The summed E-state index contributed by atoms with van der Waals surface area (Å²) in [6.45, 7) is 0. The van der Waals surface area contributed by atoms with Crippen LogP contribution in [-0.4, -0.2) is 0 Å². The fourth-order valence-electron chi connectivity index (χ4n) is 2.13. The minimum absolute atomic E-state index is 0.745. The van der Waals surface area contributed by atoms with Crippen molar-refractivity contribution in [1.29, 1.82) is 0 Å². The lowest BCUT2D eigenvalue weighted by Gasteiger charge is -2.12. The number of hydrogen-bond donors (Lipinski definition) is 2. The Morgan fingerprint density at radius 2 is 1.42 bits per heavy atom. The highest BCUT2D eigenvalue weighted by Gasteiger charge is 2.05. The molecule has 19 heavy (non-hydrogen) atoms. The van der Waals surface area contributed by atoms with E-state index in [1.807, 2.05) is 42.5 Å². The average Bonchev–Trinajstić information content (AvgIpc) is 2.44. The van der Waals surface area contributed by atoms with Crippen LogP contribution in [0.25, 0.3) is 10.8 Å². The maximum atomic E-state index is 5.97. The first-order chi connectivity index (χ1) is 9.25. The summed E-state index contributed by atoms with van der Waals surface area (Å²) in [5.41, 5.74) is 8.69. The first-order valence-electron chi connectivity index (χ1n) is 6.04. The van der Waals surface area contributed by atoms with E-state index in [-0.39, 0.29) is 0 Å². The number of para-hydroxylation sites is 2. The lowest BCUT2D eigenvalue weighted by atomic mass is 10.1. The van der Waals surface area contributed by atoms with Crippen LogP contribution < -0.4 is 11.1 Å². The number of fused-ring (bicyclic) bond motifs is 1. The van der Waals surface area contributed by atoms with E-state index in [2.05, 4.69) is 39.4 Å². The predicted octanol–water partition coefficient (Wildman–Crippen LogP) is 4.93. The van der Waals surface area contributed by atoms with Crippen molar-refractivity contribution >= 4 is 43.8 Å². The van der Waals surface area contributed by atoms with Gasteiger partial charge in [-0.05, 0) is 29.7 Å². The molecule has 0 saturated heterocycles. The smallest absolute Gasteiger partial charge is 0.0618 e. The molecule has 0 spiro atoms. The molecule has 0 aliphatic rings. The summed E-state index contributed by atoms with van der Waals surface area (Å²) < 4.78 is 1.09. The molecular weight excluding hydrogens is 300 g/mol. The summed E-state index contributed by atoms with van der Waals surface area (Å²) in [6.07, 6.45) is 0. The van der Waals surface area contributed by atoms with E-state index in [4.69, 9.17) is 5.73 Å². The van der Waals surface area contributed by atoms with Gasteiger partial charge in [-0.25, -0.2) is 0 Å². The Hall–Kier alpha value is -2.00. The third-order valence-corrected chi connectivity index (χ3v) is 3.79. The molecule has 94 valence electrons. The fraction of sp³-hybridized carbons (Fsp3) is 0. The zero-order valence-corrected chi connectivity index (χ0v) is 11.8. The Morgan fingerprint density at radius 1 is 0.737 bits per heavy atom. The molecule has 0 aliphatic carbocycles. The Morgan fingerprint density at radius 3 is 2.21 bits per heavy atom. The maximum Gasteiger partial charge on any atom is 0.0618 e. The first kappa shape index (κ1) is 12.1. The number of anilines is 3. The molecule has 0 radical (unpaired) electrons. The van der Waals surface area contributed by atoms with Crippen molar-refractivity contribution in [3.8, 4) is 0 Å². The van der Waals surface area contributed by atoms with Gasteiger partial charge in [0, 0.05) is 15.5 Å². The highest BCUT2D eigenvalue weighted by Crippen LogP contribution is 2.32. The minimum atomic E-state index is 0.745. The van der Waals surface area contributed by atoms with Gasteiger partial charge < -0.3 is 11.1 Å². The van der Waals surface area contributed by atoms with E-state index in [1.165, 1.54) is 10.8 Å². The second kappa shape index (κ2) is 4.94. The van der Waals surface area contributed by atoms with E-state index in [0.29, 0.717) is 0 Å². The number of nitrogens with one attached hydrogen (secondary N) is 1. The van der Waals surface area contributed by atoms with Crippen LogP contribution >= 0.6 is 15.9 Å². The largest absolute Gasteiger partial charge is 0.397 e. The topological polar surface area (TPSA) is 38.0 Å². The second-order valence-electron chi connectivity index (χ2n) is 4.35. The van der Waals surface area contributed by atoms with E-state index in [0.717, 1.165) is 21.5 Å². The van der Waals surface area contributed by atoms with Gasteiger partial charge in [0.25, 0.3) is 0 Å². The molecule has 0 aromatic heterocycles. The number of nitrogens with two attached hydrogens (primary N) is 1. The summed E-state index contributed by atoms with van der Waals surface area (Å²) >= 11 is 3.58. The minimum Gasteiger partial charge on any atom is -0.397 e. The van der Waals surface area contributed by atoms with Gasteiger partial charge >= 0.3 is 0 Å². The molecule has 3 N–H and O–H groups in total. The second-order valence-corrected chi connectivity index (χ2v) is 5.21. The predicted molar refractivity (Wildman–Crippen MR) is 85.8 cm³/mol. The van der Waals surface area contributed by atoms with Crippen molar-refractivity contribution < 1.29 is 0 Å². The van der Waals surface area contributed by atoms with Gasteiger partial charge in [-0.1, -0.05) is 52.3 Å². The first-order valence-corrected chi connectivity index (χ1v) is 6.84. The molecule has 0 atom stereocenters. The number of hydrogen-bond acceptors (Lipinski definition) is 2. The highest BCUT2D eigenvalue weighted by atomic mass is 79.9. The number of rotatable bonds is 2. The summed E-state index contributed by atoms with van der Waals surface area (Å²) in [4.78, 5) is 0. The Balaban J connectivity index is 2.12. The van der Waals surface area contributed by atoms with Gasteiger partial charge in [-0.2, -0.15) is 0 Å². The quantitative estimate of drug-likeness (QED) is 0.658. The van der Waals surface area contributed by atoms with Gasteiger partial charge in [-0.3, -0.25) is 0 Å². The molecule has 0 heterocycles. The molecule has 0 saturated carbocycles. The Kier molecular flexibility index (Phi) is 3.13. The molecule has 3 rings (SSSR count). The third kappa shape index (κ3) is 2.29. The molecule has 3 aromatic rings. The van der Waals surface area contributed by atoms with Crippen molar-refractivity contribution in [3.05, 3.63) is 65.1 Å². The lowest BCUT2D eigenvalue weighted by molar-refractivity contribution is 1.56. The maximum absolute atomic E-state index is 5.97. The number of benzene rings is 3. The van der Waals surface area contributed by atoms with E-state index < -0.39 is 0 Å². The van der Waals surface area contributed by atoms with Crippen LogP contribution in [-0.2, 0) is 0 Å². The Bertz CT molecular complexity index is 738. The zero-order chi connectivity index (χ0) is 13.2. The van der Waals surface area contributed by atoms with E-state index in [1.54, 1.807) is 0 Å². The van der Waals surface area contributed by atoms with Crippen LogP contribution in [0, 0.1) is 0 Å². The molecule has 3 heteroatoms. The fourth-order valence-corrected chi connectivity index (χ4v) is 2.61. The van der Waals surface area contributed by atoms with E-state index in [9.17, 15) is 0 Å². The summed E-state index contributed by atoms with van der Waals surface area (Å²) in [5, 5.41) is 5.75. The average molecular weight is 313 g/mol. The van der Waals surface area contributed by atoms with Crippen LogP contribution in [0.4, 0.5) is 17.1 Å². The zero-order valence-electron chi connectivity index (χ0n) is 10.2.